The molecular formula is C33H55NO12S. The molecule has 14 heteroatoms. The number of rotatable bonds is 10. The third kappa shape index (κ3) is 6.99. The summed E-state index contributed by atoms with van der Waals surface area (Å²) in [7, 11) is -4.20. The van der Waals surface area contributed by atoms with Crippen molar-refractivity contribution >= 4 is 22.0 Å². The number of ether oxygens (including phenoxy) is 1. The lowest BCUT2D eigenvalue weighted by Crippen LogP contribution is -2.62. The van der Waals surface area contributed by atoms with Crippen LogP contribution in [0.5, 0.6) is 0 Å². The molecule has 270 valence electrons. The fraction of sp³-hybridized carbons (Fsp3) is 0.939. The number of amides is 1. The van der Waals surface area contributed by atoms with E-state index in [1.165, 1.54) is 0 Å². The molecule has 0 aromatic heterocycles. The molecule has 0 aromatic rings. The van der Waals surface area contributed by atoms with Gasteiger partial charge < -0.3 is 40.7 Å². The molecule has 0 spiro atoms. The highest BCUT2D eigenvalue weighted by atomic mass is 32.2. The summed E-state index contributed by atoms with van der Waals surface area (Å²) >= 11 is 0. The third-order valence-electron chi connectivity index (χ3n) is 12.9. The quantitative estimate of drug-likeness (QED) is 0.150. The van der Waals surface area contributed by atoms with E-state index in [9.17, 15) is 51.4 Å². The van der Waals surface area contributed by atoms with E-state index in [0.717, 1.165) is 6.42 Å². The van der Waals surface area contributed by atoms with Gasteiger partial charge in [-0.05, 0) is 104 Å². The minimum atomic E-state index is -4.20. The average molecular weight is 694 g/mol. The molecule has 5 fully saturated rings. The van der Waals surface area contributed by atoms with Crippen molar-refractivity contribution in [3.8, 4) is 0 Å². The Morgan fingerprint density at radius 1 is 1.02 bits per heavy atom. The Labute approximate surface area is 282 Å². The highest BCUT2D eigenvalue weighted by molar-refractivity contribution is 7.85. The molecule has 0 radical (unpaired) electrons. The van der Waals surface area contributed by atoms with Gasteiger partial charge in [-0.25, -0.2) is 0 Å². The van der Waals surface area contributed by atoms with E-state index in [-0.39, 0.29) is 61.8 Å². The van der Waals surface area contributed by atoms with Gasteiger partial charge in [0.1, 0.15) is 12.2 Å². The van der Waals surface area contributed by atoms with Gasteiger partial charge in [-0.2, -0.15) is 8.42 Å². The molecular weight excluding hydrogens is 634 g/mol. The van der Waals surface area contributed by atoms with E-state index in [1.807, 2.05) is 20.8 Å². The lowest BCUT2D eigenvalue weighted by atomic mass is 9.43. The average Bonchev–Trinajstić information content (AvgIpc) is 3.36. The van der Waals surface area contributed by atoms with Crippen LogP contribution < -0.4 is 5.32 Å². The number of fused-ring (bicyclic) bond motifs is 5. The van der Waals surface area contributed by atoms with Gasteiger partial charge in [0.05, 0.1) is 42.2 Å². The summed E-state index contributed by atoms with van der Waals surface area (Å²) < 4.78 is 73.6. The van der Waals surface area contributed by atoms with E-state index in [1.54, 1.807) is 0 Å². The molecule has 16 atom stereocenters. The Kier molecular flexibility index (Phi) is 9.23. The number of aliphatic carboxylic acids is 1. The number of aliphatic hydroxyl groups excluding tert-OH is 5. The van der Waals surface area contributed by atoms with Gasteiger partial charge >= 0.3 is 5.97 Å². The van der Waals surface area contributed by atoms with Crippen LogP contribution in [0.4, 0.5) is 0 Å². The largest absolute Gasteiger partial charge is 0.481 e. The SMILES string of the molecule is [2H]C1([2H])C[C@@]2(C)[C@H](C[C@@H](O)[C@@H]3[C@@H]2C[C@H](O)[C@]2(C)[C@@H]([C@H](C)CCC(=O)NCCS(=O)(=O)O)CC[C@@H]32)C([2H])([2H])[C@@H]1OC1CC(C(=O)O)C(O)C(O)C1O. The van der Waals surface area contributed by atoms with Gasteiger partial charge in [0.25, 0.3) is 10.1 Å². The topological polar surface area (TPSA) is 231 Å². The number of carboxylic acids is 1. The smallest absolute Gasteiger partial charge is 0.309 e. The monoisotopic (exact) mass is 693 g/mol. The molecule has 47 heavy (non-hydrogen) atoms. The summed E-state index contributed by atoms with van der Waals surface area (Å²) in [6, 6.07) is 0. The van der Waals surface area contributed by atoms with E-state index in [4.69, 9.17) is 12.0 Å². The van der Waals surface area contributed by atoms with Crippen LogP contribution in [0.15, 0.2) is 0 Å². The summed E-state index contributed by atoms with van der Waals surface area (Å²) in [6.45, 7) is 5.62. The zero-order valence-corrected chi connectivity index (χ0v) is 28.1. The number of nitrogens with one attached hydrogen (secondary N) is 1. The molecule has 5 unspecified atom stereocenters. The van der Waals surface area contributed by atoms with Crippen LogP contribution in [0.3, 0.4) is 0 Å². The molecule has 0 aromatic carbocycles. The second-order valence-electron chi connectivity index (χ2n) is 15.4. The number of aliphatic hydroxyl groups is 5. The maximum atomic E-state index is 12.4. The second kappa shape index (κ2) is 13.7. The number of carbonyl (C=O) groups is 2. The van der Waals surface area contributed by atoms with Gasteiger partial charge in [-0.15, -0.1) is 0 Å². The second-order valence-corrected chi connectivity index (χ2v) is 16.9. The van der Waals surface area contributed by atoms with Crippen molar-refractivity contribution in [3.63, 3.8) is 0 Å². The Bertz CT molecular complexity index is 1440. The summed E-state index contributed by atoms with van der Waals surface area (Å²) in [5.74, 6) is -5.88. The van der Waals surface area contributed by atoms with E-state index >= 15 is 0 Å². The zero-order valence-electron chi connectivity index (χ0n) is 31.2. The molecule has 0 heterocycles. The molecule has 5 rings (SSSR count). The van der Waals surface area contributed by atoms with Gasteiger partial charge in [-0.1, -0.05) is 20.8 Å². The van der Waals surface area contributed by atoms with Crippen LogP contribution in [-0.2, 0) is 24.4 Å². The zero-order chi connectivity index (χ0) is 38.2. The number of hydrogen-bond donors (Lipinski definition) is 8. The number of carboxylic acid groups (broad SMARTS) is 1. The summed E-state index contributed by atoms with van der Waals surface area (Å²) in [5.41, 5.74) is -1.68. The number of carbonyl (C=O) groups excluding carboxylic acids is 1. The fourth-order valence-electron chi connectivity index (χ4n) is 10.2. The van der Waals surface area contributed by atoms with Crippen LogP contribution in [-0.4, -0.2) is 111 Å². The first-order valence-electron chi connectivity index (χ1n) is 18.9. The van der Waals surface area contributed by atoms with E-state index in [2.05, 4.69) is 5.32 Å². The predicted octanol–water partition coefficient (Wildman–Crippen LogP) is 0.948. The molecule has 5 aliphatic carbocycles. The molecule has 13 nitrogen and oxygen atoms in total. The van der Waals surface area contributed by atoms with E-state index < -0.39 is 112 Å². The minimum Gasteiger partial charge on any atom is -0.481 e. The lowest BCUT2D eigenvalue weighted by Gasteiger charge is -2.63. The van der Waals surface area contributed by atoms with Gasteiger partial charge in [0.2, 0.25) is 5.91 Å². The summed E-state index contributed by atoms with van der Waals surface area (Å²) in [5, 5.41) is 67.1. The normalized spacial score (nSPS) is 50.7. The Balaban J connectivity index is 1.34. The molecule has 0 saturated heterocycles. The van der Waals surface area contributed by atoms with Crippen molar-refractivity contribution in [2.45, 2.75) is 128 Å². The first-order valence-corrected chi connectivity index (χ1v) is 18.5. The number of hydrogen-bond acceptors (Lipinski definition) is 10. The molecule has 0 bridgehead atoms. The van der Waals surface area contributed by atoms with Crippen LogP contribution in [0.1, 0.15) is 90.4 Å². The van der Waals surface area contributed by atoms with Gasteiger partial charge in [0, 0.05) is 18.4 Å². The highest BCUT2D eigenvalue weighted by Crippen LogP contribution is 2.68. The summed E-state index contributed by atoms with van der Waals surface area (Å²) in [6.07, 6.45) is -13.9. The van der Waals surface area contributed by atoms with Crippen molar-refractivity contribution in [3.05, 3.63) is 0 Å². The Morgan fingerprint density at radius 3 is 2.38 bits per heavy atom. The molecule has 5 aliphatic rings. The summed E-state index contributed by atoms with van der Waals surface area (Å²) in [4.78, 5) is 24.2. The van der Waals surface area contributed by atoms with Crippen molar-refractivity contribution in [1.82, 2.24) is 5.32 Å². The highest BCUT2D eigenvalue weighted by Gasteiger charge is 2.66. The van der Waals surface area contributed by atoms with Crippen LogP contribution in [0.25, 0.3) is 0 Å². The first kappa shape index (κ1) is 31.6. The van der Waals surface area contributed by atoms with E-state index in [0.29, 0.717) is 12.8 Å². The molecule has 0 aliphatic heterocycles. The van der Waals surface area contributed by atoms with Gasteiger partial charge in [-0.3, -0.25) is 14.1 Å². The van der Waals surface area contributed by atoms with Crippen LogP contribution >= 0.6 is 0 Å². The Morgan fingerprint density at radius 2 is 1.72 bits per heavy atom. The lowest BCUT2D eigenvalue weighted by molar-refractivity contribution is -0.224. The van der Waals surface area contributed by atoms with Crippen molar-refractivity contribution in [1.29, 1.82) is 0 Å². The third-order valence-corrected chi connectivity index (χ3v) is 13.6. The standard InChI is InChI=1S/C33H55NO12S/c1-16(4-7-26(37)34-10-11-47(43,44)45)20-5-6-21-27-22(15-25(36)33(20,21)3)32(2)9-8-18(12-17(32)13-23(27)35)46-24-14-19(31(41)42)28(38)30(40)29(24)39/h16-25,27-30,35-36,38-40H,4-15H2,1-3H3,(H,34,37)(H,41,42)(H,43,44,45)/t16-,17+,18-,19?,20-,21+,22+,23-,24?,25+,27+,28?,29?,30?,32+,33-/m1/s1/i8D2,12D2. The predicted molar refractivity (Wildman–Crippen MR) is 168 cm³/mol. The van der Waals surface area contributed by atoms with Crippen LogP contribution in [0, 0.1) is 52.3 Å². The maximum Gasteiger partial charge on any atom is 0.309 e. The molecule has 1 amide bonds. The minimum absolute atomic E-state index is 0.0143. The first-order chi connectivity index (χ1) is 23.4. The van der Waals surface area contributed by atoms with Crippen molar-refractivity contribution in [2.75, 3.05) is 12.3 Å². The van der Waals surface area contributed by atoms with Gasteiger partial charge in [0.15, 0.2) is 0 Å². The molecule has 5 saturated carbocycles. The maximum absolute atomic E-state index is 12.4. The fourth-order valence-corrected chi connectivity index (χ4v) is 10.6. The molecule has 8 N–H and O–H groups in total. The van der Waals surface area contributed by atoms with Crippen molar-refractivity contribution < 1.29 is 63.4 Å². The van der Waals surface area contributed by atoms with Crippen molar-refractivity contribution in [2.24, 2.45) is 52.3 Å². The Hall–Kier alpha value is -1.39. The van der Waals surface area contributed by atoms with Crippen LogP contribution in [0.2, 0.25) is 0 Å².